The summed E-state index contributed by atoms with van der Waals surface area (Å²) in [6.45, 7) is 4.99. The monoisotopic (exact) mass is 639 g/mol. The number of hydrogen-bond acceptors (Lipinski definition) is 8. The highest BCUT2D eigenvalue weighted by Crippen LogP contribution is 2.52. The highest BCUT2D eigenvalue weighted by atomic mass is 16.9. The largest absolute Gasteiger partial charge is 0.391 e. The zero-order chi connectivity index (χ0) is 32.8. The predicted molar refractivity (Wildman–Crippen MR) is 178 cm³/mol. The van der Waals surface area contributed by atoms with Gasteiger partial charge in [-0.25, -0.2) is 0 Å². The van der Waals surface area contributed by atoms with Gasteiger partial charge in [0.1, 0.15) is 19.0 Å². The Balaban J connectivity index is 1.35. The van der Waals surface area contributed by atoms with Crippen molar-refractivity contribution in [1.82, 2.24) is 4.90 Å². The van der Waals surface area contributed by atoms with Crippen LogP contribution in [0, 0.1) is 5.92 Å². The first-order valence-electron chi connectivity index (χ1n) is 16.2. The molecule has 0 spiro atoms. The van der Waals surface area contributed by atoms with Crippen molar-refractivity contribution < 1.29 is 33.5 Å². The molecule has 2 heterocycles. The van der Waals surface area contributed by atoms with Crippen LogP contribution in [0.4, 0.5) is 0 Å². The van der Waals surface area contributed by atoms with Crippen molar-refractivity contribution in [1.29, 1.82) is 0 Å². The van der Waals surface area contributed by atoms with Crippen molar-refractivity contribution in [2.45, 2.75) is 49.8 Å². The molecule has 0 amide bonds. The number of ether oxygens (including phenoxy) is 6. The topological polar surface area (TPSA) is 78.9 Å². The quantitative estimate of drug-likeness (QED) is 0.128. The molecule has 8 nitrogen and oxygen atoms in total. The number of aliphatic hydroxyl groups is 1. The zero-order valence-electron chi connectivity index (χ0n) is 27.4. The third kappa shape index (κ3) is 6.66. The molecule has 3 atom stereocenters. The standard InChI is InChI=1S/C39H45NO7/c1-36(2)46-37(28-41,39(47-36,45-29-42-3)35-24-25-40(27-35)26-31-16-8-4-9-17-31)43-30-44-38(32-18-10-5-11-19-32,33-20-12-6-13-21-33)34-22-14-7-15-23-34/h4-23,35,41H,24-30H2,1-3H3/t35?,37?,39-/m0/s1. The molecule has 1 N–H and O–H groups in total. The Morgan fingerprint density at radius 2 is 1.28 bits per heavy atom. The minimum absolute atomic E-state index is 0.0808. The lowest BCUT2D eigenvalue weighted by atomic mass is 9.80. The fourth-order valence-electron chi connectivity index (χ4n) is 7.16. The van der Waals surface area contributed by atoms with Gasteiger partial charge in [-0.15, -0.1) is 0 Å². The molecule has 0 aromatic heterocycles. The summed E-state index contributed by atoms with van der Waals surface area (Å²) in [5, 5.41) is 11.2. The van der Waals surface area contributed by atoms with E-state index in [4.69, 9.17) is 28.4 Å². The zero-order valence-corrected chi connectivity index (χ0v) is 27.4. The summed E-state index contributed by atoms with van der Waals surface area (Å²) >= 11 is 0. The SMILES string of the molecule is COCO[C@@]1(C2CCN(Cc3ccccc3)C2)OC(C)(C)OC1(CO)OCOC(c1ccccc1)(c1ccccc1)c1ccccc1. The third-order valence-corrected chi connectivity index (χ3v) is 9.11. The van der Waals surface area contributed by atoms with E-state index in [9.17, 15) is 5.11 Å². The van der Waals surface area contributed by atoms with E-state index in [-0.39, 0.29) is 19.5 Å². The Labute approximate surface area is 277 Å². The number of nitrogens with zero attached hydrogens (tertiary/aromatic N) is 1. The molecule has 2 aliphatic rings. The normalized spacial score (nSPS) is 24.5. The number of benzene rings is 4. The fourth-order valence-corrected chi connectivity index (χ4v) is 7.16. The molecule has 8 heteroatoms. The lowest BCUT2D eigenvalue weighted by Gasteiger charge is -2.44. The summed E-state index contributed by atoms with van der Waals surface area (Å²) in [6.07, 6.45) is 0.740. The highest BCUT2D eigenvalue weighted by Gasteiger charge is 2.70. The molecule has 0 aliphatic carbocycles. The van der Waals surface area contributed by atoms with Crippen LogP contribution in [-0.2, 0) is 40.6 Å². The summed E-state index contributed by atoms with van der Waals surface area (Å²) in [7, 11) is 1.56. The molecule has 4 aromatic carbocycles. The Hall–Kier alpha value is -3.44. The summed E-state index contributed by atoms with van der Waals surface area (Å²) < 4.78 is 38.7. The number of rotatable bonds is 14. The van der Waals surface area contributed by atoms with Gasteiger partial charge in [-0.1, -0.05) is 121 Å². The minimum Gasteiger partial charge on any atom is -0.391 e. The van der Waals surface area contributed by atoms with Crippen LogP contribution in [-0.4, -0.2) is 67.8 Å². The van der Waals surface area contributed by atoms with E-state index < -0.39 is 29.6 Å². The van der Waals surface area contributed by atoms with Gasteiger partial charge in [0, 0.05) is 26.1 Å². The first kappa shape index (κ1) is 33.5. The molecule has 2 aliphatic heterocycles. The van der Waals surface area contributed by atoms with Crippen LogP contribution in [0.5, 0.6) is 0 Å². The van der Waals surface area contributed by atoms with Crippen molar-refractivity contribution in [3.05, 3.63) is 144 Å². The molecule has 2 unspecified atom stereocenters. The van der Waals surface area contributed by atoms with Crippen molar-refractivity contribution in [3.8, 4) is 0 Å². The van der Waals surface area contributed by atoms with Gasteiger partial charge >= 0.3 is 0 Å². The van der Waals surface area contributed by atoms with Gasteiger partial charge < -0.3 is 33.5 Å². The van der Waals surface area contributed by atoms with Crippen molar-refractivity contribution >= 4 is 0 Å². The smallest absolute Gasteiger partial charge is 0.252 e. The highest BCUT2D eigenvalue weighted by molar-refractivity contribution is 5.47. The average Bonchev–Trinajstić information content (AvgIpc) is 3.67. The van der Waals surface area contributed by atoms with Crippen LogP contribution in [0.1, 0.15) is 42.5 Å². The Morgan fingerprint density at radius 3 is 1.79 bits per heavy atom. The molecule has 248 valence electrons. The lowest BCUT2D eigenvalue weighted by molar-refractivity contribution is -0.386. The maximum Gasteiger partial charge on any atom is 0.252 e. The van der Waals surface area contributed by atoms with Crippen LogP contribution in [0.25, 0.3) is 0 Å². The number of hydrogen-bond donors (Lipinski definition) is 1. The third-order valence-electron chi connectivity index (χ3n) is 9.11. The molecular weight excluding hydrogens is 594 g/mol. The van der Waals surface area contributed by atoms with E-state index in [1.807, 2.05) is 109 Å². The maximum atomic E-state index is 11.2. The van der Waals surface area contributed by atoms with Crippen molar-refractivity contribution in [3.63, 3.8) is 0 Å². The van der Waals surface area contributed by atoms with Crippen LogP contribution in [0.15, 0.2) is 121 Å². The van der Waals surface area contributed by atoms with Crippen LogP contribution in [0.3, 0.4) is 0 Å². The molecular formula is C39H45NO7. The molecule has 0 saturated carbocycles. The van der Waals surface area contributed by atoms with Gasteiger partial charge in [-0.05, 0) is 49.1 Å². The van der Waals surface area contributed by atoms with Gasteiger partial charge in [-0.3, -0.25) is 4.90 Å². The van der Waals surface area contributed by atoms with Gasteiger partial charge in [0.05, 0.1) is 0 Å². The lowest BCUT2D eigenvalue weighted by Crippen LogP contribution is -2.63. The fraction of sp³-hybridized carbons (Fsp3) is 0.385. The maximum absolute atomic E-state index is 11.2. The molecule has 2 saturated heterocycles. The number of aliphatic hydroxyl groups excluding tert-OH is 1. The van der Waals surface area contributed by atoms with Crippen molar-refractivity contribution in [2.24, 2.45) is 5.92 Å². The van der Waals surface area contributed by atoms with Gasteiger partial charge in [0.2, 0.25) is 5.79 Å². The van der Waals surface area contributed by atoms with Crippen LogP contribution >= 0.6 is 0 Å². The molecule has 0 bridgehead atoms. The van der Waals surface area contributed by atoms with Gasteiger partial charge in [0.25, 0.3) is 5.79 Å². The van der Waals surface area contributed by atoms with E-state index in [0.29, 0.717) is 6.54 Å². The minimum atomic E-state index is -1.72. The summed E-state index contributed by atoms with van der Waals surface area (Å²) in [5.74, 6) is -4.57. The Kier molecular flexibility index (Phi) is 10.2. The summed E-state index contributed by atoms with van der Waals surface area (Å²) in [5.41, 5.74) is 2.97. The van der Waals surface area contributed by atoms with Gasteiger partial charge in [0.15, 0.2) is 12.6 Å². The average molecular weight is 640 g/mol. The van der Waals surface area contributed by atoms with Crippen LogP contribution < -0.4 is 0 Å². The second kappa shape index (κ2) is 14.4. The molecule has 47 heavy (non-hydrogen) atoms. The molecule has 2 fully saturated rings. The second-order valence-corrected chi connectivity index (χ2v) is 12.6. The van der Waals surface area contributed by atoms with Crippen molar-refractivity contribution in [2.75, 3.05) is 40.4 Å². The van der Waals surface area contributed by atoms with Gasteiger partial charge in [-0.2, -0.15) is 0 Å². The molecule has 0 radical (unpaired) electrons. The first-order valence-corrected chi connectivity index (χ1v) is 16.2. The number of likely N-dealkylation sites (tertiary alicyclic amines) is 1. The predicted octanol–water partition coefficient (Wildman–Crippen LogP) is 6.28. The number of methoxy groups -OCH3 is 1. The van der Waals surface area contributed by atoms with Crippen LogP contribution in [0.2, 0.25) is 0 Å². The molecule has 4 aromatic rings. The van der Waals surface area contributed by atoms with E-state index in [1.165, 1.54) is 5.56 Å². The Bertz CT molecular complexity index is 1440. The Morgan fingerprint density at radius 1 is 0.745 bits per heavy atom. The summed E-state index contributed by atoms with van der Waals surface area (Å²) in [4.78, 5) is 2.36. The van der Waals surface area contributed by atoms with E-state index in [2.05, 4.69) is 17.0 Å². The van der Waals surface area contributed by atoms with E-state index in [1.54, 1.807) is 21.0 Å². The van der Waals surface area contributed by atoms with E-state index in [0.717, 1.165) is 36.2 Å². The molecule has 6 rings (SSSR count). The second-order valence-electron chi connectivity index (χ2n) is 12.6. The summed E-state index contributed by atoms with van der Waals surface area (Å²) in [6, 6.07) is 40.6. The van der Waals surface area contributed by atoms with E-state index >= 15 is 0 Å². The first-order chi connectivity index (χ1) is 22.9.